The molecule has 10 nitrogen and oxygen atoms in total. The minimum atomic E-state index is -1.14. The van der Waals surface area contributed by atoms with Crippen LogP contribution in [0.2, 0.25) is 0 Å². The number of esters is 4. The number of hydrogen-bond donors (Lipinski definition) is 1. The van der Waals surface area contributed by atoms with Crippen molar-refractivity contribution < 1.29 is 42.9 Å². The van der Waals surface area contributed by atoms with E-state index < -0.39 is 54.5 Å². The molecule has 0 bridgehead atoms. The van der Waals surface area contributed by atoms with Crippen molar-refractivity contribution in [3.8, 4) is 0 Å². The molecule has 0 radical (unpaired) electrons. The van der Waals surface area contributed by atoms with Crippen molar-refractivity contribution in [2.45, 2.75) is 58.3 Å². The van der Waals surface area contributed by atoms with Crippen LogP contribution in [0.15, 0.2) is 0 Å². The van der Waals surface area contributed by atoms with Crippen LogP contribution in [0.1, 0.15) is 27.7 Å². The van der Waals surface area contributed by atoms with Crippen LogP contribution in [0.4, 0.5) is 0 Å². The van der Waals surface area contributed by atoms with Crippen molar-refractivity contribution >= 4 is 23.9 Å². The van der Waals surface area contributed by atoms with Crippen molar-refractivity contribution in [2.24, 2.45) is 0 Å². The van der Waals surface area contributed by atoms with Gasteiger partial charge in [0.2, 0.25) is 6.29 Å². The molecule has 1 rings (SSSR count). The van der Waals surface area contributed by atoms with E-state index in [2.05, 4.69) is 5.32 Å². The van der Waals surface area contributed by atoms with Crippen LogP contribution < -0.4 is 5.32 Å². The lowest BCUT2D eigenvalue weighted by molar-refractivity contribution is -0.270. The van der Waals surface area contributed by atoms with Crippen LogP contribution in [0.3, 0.4) is 0 Å². The van der Waals surface area contributed by atoms with Gasteiger partial charge in [0.15, 0.2) is 12.2 Å². The van der Waals surface area contributed by atoms with Gasteiger partial charge in [-0.2, -0.15) is 0 Å². The molecule has 0 aromatic rings. The quantitative estimate of drug-likeness (QED) is 0.479. The molecule has 0 aliphatic carbocycles. The van der Waals surface area contributed by atoms with E-state index in [1.807, 2.05) is 0 Å². The number of likely N-dealkylation sites (N-methyl/N-ethyl adjacent to an activating group) is 1. The first-order valence-corrected chi connectivity index (χ1v) is 7.63. The Labute approximate surface area is 145 Å². The largest absolute Gasteiger partial charge is 0.463 e. The normalized spacial score (nSPS) is 28.6. The summed E-state index contributed by atoms with van der Waals surface area (Å²) in [5.74, 6) is -2.46. The van der Waals surface area contributed by atoms with Crippen LogP contribution in [0.5, 0.6) is 0 Å². The van der Waals surface area contributed by atoms with E-state index in [0.29, 0.717) is 0 Å². The molecule has 1 heterocycles. The van der Waals surface area contributed by atoms with Gasteiger partial charge in [-0.25, -0.2) is 0 Å². The zero-order chi connectivity index (χ0) is 19.1. The maximum Gasteiger partial charge on any atom is 0.304 e. The highest BCUT2D eigenvalue weighted by atomic mass is 16.7. The fraction of sp³-hybridized carbons (Fsp3) is 0.733. The smallest absolute Gasteiger partial charge is 0.304 e. The van der Waals surface area contributed by atoms with Crippen LogP contribution in [0.25, 0.3) is 0 Å². The molecule has 0 spiro atoms. The van der Waals surface area contributed by atoms with Crippen LogP contribution >= 0.6 is 0 Å². The lowest BCUT2D eigenvalue weighted by Gasteiger charge is -2.44. The van der Waals surface area contributed by atoms with Gasteiger partial charge in [0, 0.05) is 27.7 Å². The topological polar surface area (TPSA) is 126 Å². The average Bonchev–Trinajstić information content (AvgIpc) is 2.46. The van der Waals surface area contributed by atoms with Crippen molar-refractivity contribution in [3.63, 3.8) is 0 Å². The van der Waals surface area contributed by atoms with Gasteiger partial charge in [-0.05, 0) is 7.05 Å². The summed E-state index contributed by atoms with van der Waals surface area (Å²) in [6, 6.07) is -0.800. The standard InChI is InChI=1S/C15H23NO9/c1-7(17)21-6-11-13(22-8(2)18)14(23-9(3)19)12(16-5)15(25-11)24-10(4)20/h11-16H,6H2,1-5H3/t11-,12-,13-,14-,15-/m1/s1. The second-order valence-corrected chi connectivity index (χ2v) is 5.42. The molecule has 0 saturated carbocycles. The maximum absolute atomic E-state index is 11.5. The zero-order valence-electron chi connectivity index (χ0n) is 14.8. The van der Waals surface area contributed by atoms with Crippen LogP contribution in [-0.2, 0) is 42.9 Å². The first-order chi connectivity index (χ1) is 11.6. The number of hydrogen-bond acceptors (Lipinski definition) is 10. The Morgan fingerprint density at radius 1 is 0.840 bits per heavy atom. The third kappa shape index (κ3) is 6.31. The molecular formula is C15H23NO9. The van der Waals surface area contributed by atoms with E-state index in [1.54, 1.807) is 0 Å². The Balaban J connectivity index is 3.16. The second-order valence-electron chi connectivity index (χ2n) is 5.42. The van der Waals surface area contributed by atoms with Gasteiger partial charge >= 0.3 is 23.9 Å². The van der Waals surface area contributed by atoms with E-state index in [9.17, 15) is 19.2 Å². The van der Waals surface area contributed by atoms with Gasteiger partial charge in [0.25, 0.3) is 0 Å². The first-order valence-electron chi connectivity index (χ1n) is 7.63. The van der Waals surface area contributed by atoms with Gasteiger partial charge in [0.05, 0.1) is 0 Å². The number of nitrogens with one attached hydrogen (secondary N) is 1. The number of carbonyl (C=O) groups excluding carboxylic acids is 4. The molecule has 1 aliphatic rings. The molecule has 0 amide bonds. The Morgan fingerprint density at radius 3 is 1.80 bits per heavy atom. The van der Waals surface area contributed by atoms with E-state index in [1.165, 1.54) is 34.7 Å². The van der Waals surface area contributed by atoms with Gasteiger partial charge in [0.1, 0.15) is 18.8 Å². The molecular weight excluding hydrogens is 338 g/mol. The van der Waals surface area contributed by atoms with Crippen LogP contribution in [0, 0.1) is 0 Å². The molecule has 0 aromatic heterocycles. The molecule has 0 aromatic carbocycles. The van der Waals surface area contributed by atoms with Crippen molar-refractivity contribution in [3.05, 3.63) is 0 Å². The van der Waals surface area contributed by atoms with Gasteiger partial charge in [-0.3, -0.25) is 19.2 Å². The minimum absolute atomic E-state index is 0.279. The summed E-state index contributed by atoms with van der Waals surface area (Å²) < 4.78 is 26.1. The minimum Gasteiger partial charge on any atom is -0.463 e. The second kappa shape index (κ2) is 9.33. The molecule has 1 saturated heterocycles. The fourth-order valence-corrected chi connectivity index (χ4v) is 2.47. The SMILES string of the molecule is CN[C@H]1[C@H](OC(C)=O)O[C@H](COC(C)=O)[C@@H](OC(C)=O)[C@@H]1OC(C)=O. The average molecular weight is 361 g/mol. The molecule has 10 heteroatoms. The molecule has 0 unspecified atom stereocenters. The Kier molecular flexibility index (Phi) is 7.78. The summed E-state index contributed by atoms with van der Waals surface area (Å²) >= 11 is 0. The van der Waals surface area contributed by atoms with Gasteiger partial charge in [-0.1, -0.05) is 0 Å². The third-order valence-electron chi connectivity index (χ3n) is 3.32. The summed E-state index contributed by atoms with van der Waals surface area (Å²) in [7, 11) is 1.54. The predicted molar refractivity (Wildman–Crippen MR) is 81.0 cm³/mol. The van der Waals surface area contributed by atoms with E-state index >= 15 is 0 Å². The van der Waals surface area contributed by atoms with E-state index in [4.69, 9.17) is 23.7 Å². The highest BCUT2D eigenvalue weighted by molar-refractivity contribution is 5.68. The summed E-state index contributed by atoms with van der Waals surface area (Å²) in [5, 5.41) is 2.82. The molecule has 5 atom stereocenters. The number of carbonyl (C=O) groups is 4. The fourth-order valence-electron chi connectivity index (χ4n) is 2.47. The molecule has 1 aliphatic heterocycles. The van der Waals surface area contributed by atoms with Crippen LogP contribution in [-0.4, -0.2) is 68.2 Å². The Bertz CT molecular complexity index is 521. The Hall–Kier alpha value is -2.20. The summed E-state index contributed by atoms with van der Waals surface area (Å²) in [5.41, 5.74) is 0. The van der Waals surface area contributed by atoms with E-state index in [0.717, 1.165) is 0 Å². The summed E-state index contributed by atoms with van der Waals surface area (Å²) in [6.45, 7) is 4.48. The summed E-state index contributed by atoms with van der Waals surface area (Å²) in [4.78, 5) is 45.3. The molecule has 1 fully saturated rings. The third-order valence-corrected chi connectivity index (χ3v) is 3.32. The maximum atomic E-state index is 11.5. The van der Waals surface area contributed by atoms with Crippen molar-refractivity contribution in [2.75, 3.05) is 13.7 Å². The van der Waals surface area contributed by atoms with Crippen molar-refractivity contribution in [1.82, 2.24) is 5.32 Å². The van der Waals surface area contributed by atoms with Crippen molar-refractivity contribution in [1.29, 1.82) is 0 Å². The first kappa shape index (κ1) is 20.8. The van der Waals surface area contributed by atoms with Gasteiger partial charge < -0.3 is 29.0 Å². The monoisotopic (exact) mass is 361 g/mol. The number of ether oxygens (including phenoxy) is 5. The van der Waals surface area contributed by atoms with E-state index in [-0.39, 0.29) is 6.61 Å². The summed E-state index contributed by atoms with van der Waals surface area (Å²) in [6.07, 6.45) is -4.22. The van der Waals surface area contributed by atoms with Gasteiger partial charge in [-0.15, -0.1) is 0 Å². The highest BCUT2D eigenvalue weighted by Gasteiger charge is 2.51. The Morgan fingerprint density at radius 2 is 1.36 bits per heavy atom. The predicted octanol–water partition coefficient (Wildman–Crippen LogP) is -0.711. The lowest BCUT2D eigenvalue weighted by Crippen LogP contribution is -2.65. The molecule has 1 N–H and O–H groups in total. The zero-order valence-corrected chi connectivity index (χ0v) is 14.8. The molecule has 25 heavy (non-hydrogen) atoms. The molecule has 142 valence electrons. The highest BCUT2D eigenvalue weighted by Crippen LogP contribution is 2.27. The lowest BCUT2D eigenvalue weighted by atomic mass is 9.96. The number of rotatable bonds is 6.